The fourth-order valence-electron chi connectivity index (χ4n) is 5.39. The molecule has 0 aliphatic carbocycles. The molecule has 0 spiro atoms. The van der Waals surface area contributed by atoms with E-state index < -0.39 is 5.97 Å². The van der Waals surface area contributed by atoms with Crippen molar-refractivity contribution in [2.75, 3.05) is 11.9 Å². The molecule has 0 bridgehead atoms. The standard InChI is InChI=1S/C37H34F2N2O4/c1-2-6-27(24-35(42)40-32-7-3-4-8-34(32)45-22-5-9-36(43)44)28-14-19-33-29(23-28)20-21-41(33)37(25-10-15-30(38)16-11-25)26-12-17-31(39)18-13-26/h3-4,7-8,10-21,23-24,37H,2,5-6,9,22H2,1H3,(H,40,42)(H,43,44)/b27-24+. The summed E-state index contributed by atoms with van der Waals surface area (Å²) < 4.78 is 35.4. The number of halogens is 2. The van der Waals surface area contributed by atoms with Crippen LogP contribution in [0.5, 0.6) is 5.75 Å². The van der Waals surface area contributed by atoms with Crippen LogP contribution in [0.1, 0.15) is 55.3 Å². The van der Waals surface area contributed by atoms with Gasteiger partial charge in [-0.3, -0.25) is 9.59 Å². The van der Waals surface area contributed by atoms with Crippen molar-refractivity contribution in [1.29, 1.82) is 0 Å². The van der Waals surface area contributed by atoms with Crippen molar-refractivity contribution in [3.63, 3.8) is 0 Å². The fourth-order valence-corrected chi connectivity index (χ4v) is 5.39. The molecule has 2 N–H and O–H groups in total. The maximum atomic E-state index is 13.8. The average Bonchev–Trinajstić information content (AvgIpc) is 3.44. The molecular weight excluding hydrogens is 574 g/mol. The van der Waals surface area contributed by atoms with E-state index in [-0.39, 0.29) is 36.6 Å². The Bertz CT molecular complexity index is 1770. The largest absolute Gasteiger partial charge is 0.491 e. The monoisotopic (exact) mass is 608 g/mol. The second-order valence-electron chi connectivity index (χ2n) is 10.8. The molecule has 6 nitrogen and oxygen atoms in total. The number of allylic oxidation sites excluding steroid dienone is 1. The molecule has 0 atom stereocenters. The third-order valence-corrected chi connectivity index (χ3v) is 7.50. The molecule has 0 saturated carbocycles. The van der Waals surface area contributed by atoms with Gasteiger partial charge in [0, 0.05) is 29.6 Å². The summed E-state index contributed by atoms with van der Waals surface area (Å²) in [6, 6.07) is 27.4. The quantitative estimate of drug-likeness (QED) is 0.104. The number of carbonyl (C=O) groups excluding carboxylic acids is 1. The van der Waals surface area contributed by atoms with Crippen molar-refractivity contribution in [2.45, 2.75) is 38.6 Å². The van der Waals surface area contributed by atoms with Crippen molar-refractivity contribution >= 4 is 34.0 Å². The van der Waals surface area contributed by atoms with Crippen LogP contribution >= 0.6 is 0 Å². The number of carboxylic acids is 1. The average molecular weight is 609 g/mol. The topological polar surface area (TPSA) is 80.6 Å². The highest BCUT2D eigenvalue weighted by Crippen LogP contribution is 2.33. The lowest BCUT2D eigenvalue weighted by atomic mass is 9.97. The molecule has 1 heterocycles. The molecule has 0 fully saturated rings. The summed E-state index contributed by atoms with van der Waals surface area (Å²) >= 11 is 0. The molecule has 0 saturated heterocycles. The maximum absolute atomic E-state index is 13.8. The van der Waals surface area contributed by atoms with Gasteiger partial charge in [0.15, 0.2) is 0 Å². The van der Waals surface area contributed by atoms with E-state index in [0.717, 1.165) is 39.6 Å². The first-order valence-electron chi connectivity index (χ1n) is 14.9. The first-order chi connectivity index (χ1) is 21.8. The number of anilines is 1. The fraction of sp³-hybridized carbons (Fsp3) is 0.189. The van der Waals surface area contributed by atoms with Crippen LogP contribution in [-0.4, -0.2) is 28.2 Å². The van der Waals surface area contributed by atoms with Gasteiger partial charge in [-0.2, -0.15) is 0 Å². The highest BCUT2D eigenvalue weighted by Gasteiger charge is 2.19. The zero-order valence-electron chi connectivity index (χ0n) is 24.9. The predicted molar refractivity (Wildman–Crippen MR) is 172 cm³/mol. The normalized spacial score (nSPS) is 11.6. The Morgan fingerprint density at radius 1 is 0.889 bits per heavy atom. The number of aliphatic carboxylic acids is 1. The number of para-hydroxylation sites is 2. The summed E-state index contributed by atoms with van der Waals surface area (Å²) in [5.41, 5.74) is 4.95. The molecule has 4 aromatic carbocycles. The Balaban J connectivity index is 1.42. The van der Waals surface area contributed by atoms with E-state index in [1.54, 1.807) is 54.6 Å². The number of amides is 1. The minimum absolute atomic E-state index is 0.00447. The summed E-state index contributed by atoms with van der Waals surface area (Å²) in [5, 5.41) is 12.7. The van der Waals surface area contributed by atoms with E-state index in [4.69, 9.17) is 9.84 Å². The van der Waals surface area contributed by atoms with Crippen LogP contribution < -0.4 is 10.1 Å². The van der Waals surface area contributed by atoms with Crippen molar-refractivity contribution in [1.82, 2.24) is 4.57 Å². The Kier molecular flexibility index (Phi) is 10.0. The van der Waals surface area contributed by atoms with Crippen molar-refractivity contribution < 1.29 is 28.2 Å². The van der Waals surface area contributed by atoms with E-state index >= 15 is 0 Å². The zero-order valence-corrected chi connectivity index (χ0v) is 24.9. The van der Waals surface area contributed by atoms with Gasteiger partial charge in [0.05, 0.1) is 18.3 Å². The molecule has 1 amide bonds. The first-order valence-corrected chi connectivity index (χ1v) is 14.9. The van der Waals surface area contributed by atoms with Gasteiger partial charge < -0.3 is 19.7 Å². The van der Waals surface area contributed by atoms with Crippen LogP contribution in [0.15, 0.2) is 109 Å². The number of ether oxygens (including phenoxy) is 1. The van der Waals surface area contributed by atoms with E-state index in [2.05, 4.69) is 16.8 Å². The smallest absolute Gasteiger partial charge is 0.303 e. The van der Waals surface area contributed by atoms with Crippen LogP contribution in [0, 0.1) is 11.6 Å². The molecule has 45 heavy (non-hydrogen) atoms. The van der Waals surface area contributed by atoms with Gasteiger partial charge in [-0.25, -0.2) is 8.78 Å². The molecule has 5 aromatic rings. The number of rotatable bonds is 13. The molecule has 0 aliphatic heterocycles. The molecule has 5 rings (SSSR count). The van der Waals surface area contributed by atoms with E-state index in [1.165, 1.54) is 24.3 Å². The van der Waals surface area contributed by atoms with Crippen LogP contribution in [0.3, 0.4) is 0 Å². The van der Waals surface area contributed by atoms with E-state index in [0.29, 0.717) is 24.3 Å². The highest BCUT2D eigenvalue weighted by molar-refractivity contribution is 6.05. The van der Waals surface area contributed by atoms with Crippen molar-refractivity contribution in [3.8, 4) is 5.75 Å². The zero-order chi connectivity index (χ0) is 31.8. The van der Waals surface area contributed by atoms with Gasteiger partial charge in [0.1, 0.15) is 17.4 Å². The number of nitrogens with zero attached hydrogens (tertiary/aromatic N) is 1. The SMILES string of the molecule is CCC/C(=C\C(=O)Nc1ccccc1OCCCC(=O)O)c1ccc2c(ccn2C(c2ccc(F)cc2)c2ccc(F)cc2)c1. The molecule has 0 unspecified atom stereocenters. The molecule has 8 heteroatoms. The molecule has 1 aromatic heterocycles. The first kappa shape index (κ1) is 31.2. The lowest BCUT2D eigenvalue weighted by molar-refractivity contribution is -0.137. The molecule has 0 radical (unpaired) electrons. The van der Waals surface area contributed by atoms with Gasteiger partial charge in [0.25, 0.3) is 0 Å². The summed E-state index contributed by atoms with van der Waals surface area (Å²) in [6.07, 6.45) is 5.44. The van der Waals surface area contributed by atoms with Crippen molar-refractivity contribution in [2.24, 2.45) is 0 Å². The minimum Gasteiger partial charge on any atom is -0.491 e. The van der Waals surface area contributed by atoms with Crippen LogP contribution in [0.4, 0.5) is 14.5 Å². The van der Waals surface area contributed by atoms with E-state index in [9.17, 15) is 18.4 Å². The number of carbonyl (C=O) groups is 2. The number of benzene rings is 4. The predicted octanol–water partition coefficient (Wildman–Crippen LogP) is 8.62. The number of fused-ring (bicyclic) bond motifs is 1. The summed E-state index contributed by atoms with van der Waals surface area (Å²) in [5.74, 6) is -1.37. The number of aromatic nitrogens is 1. The van der Waals surface area contributed by atoms with Gasteiger partial charge in [-0.05, 0) is 89.7 Å². The lowest BCUT2D eigenvalue weighted by Crippen LogP contribution is -2.12. The minimum atomic E-state index is -0.885. The van der Waals surface area contributed by atoms with Crippen LogP contribution in [0.2, 0.25) is 0 Å². The number of hydrogen-bond donors (Lipinski definition) is 2. The Morgan fingerprint density at radius 2 is 1.56 bits per heavy atom. The molecule has 0 aliphatic rings. The lowest BCUT2D eigenvalue weighted by Gasteiger charge is -2.22. The number of hydrogen-bond acceptors (Lipinski definition) is 3. The Morgan fingerprint density at radius 3 is 2.20 bits per heavy atom. The van der Waals surface area contributed by atoms with Crippen molar-refractivity contribution in [3.05, 3.63) is 138 Å². The summed E-state index contributed by atoms with van der Waals surface area (Å²) in [4.78, 5) is 24.0. The number of carboxylic acid groups (broad SMARTS) is 1. The maximum Gasteiger partial charge on any atom is 0.303 e. The summed E-state index contributed by atoms with van der Waals surface area (Å²) in [7, 11) is 0. The second-order valence-corrected chi connectivity index (χ2v) is 10.8. The Hall–Kier alpha value is -5.24. The van der Waals surface area contributed by atoms with Crippen LogP contribution in [0.25, 0.3) is 16.5 Å². The van der Waals surface area contributed by atoms with Gasteiger partial charge >= 0.3 is 5.97 Å². The molecule has 230 valence electrons. The third-order valence-electron chi connectivity index (χ3n) is 7.50. The highest BCUT2D eigenvalue weighted by atomic mass is 19.1. The van der Waals surface area contributed by atoms with Gasteiger partial charge in [-0.1, -0.05) is 55.8 Å². The second kappa shape index (κ2) is 14.5. The van der Waals surface area contributed by atoms with Gasteiger partial charge in [-0.15, -0.1) is 0 Å². The van der Waals surface area contributed by atoms with E-state index in [1.807, 2.05) is 30.5 Å². The van der Waals surface area contributed by atoms with Gasteiger partial charge in [0.2, 0.25) is 5.91 Å². The Labute approximate surface area is 260 Å². The summed E-state index contributed by atoms with van der Waals surface area (Å²) in [6.45, 7) is 2.27. The van der Waals surface area contributed by atoms with Crippen LogP contribution in [-0.2, 0) is 9.59 Å². The molecular formula is C37H34F2N2O4. The third kappa shape index (κ3) is 7.84. The number of nitrogens with one attached hydrogen (secondary N) is 1.